The maximum absolute atomic E-state index is 12.9. The second kappa shape index (κ2) is 7.12. The van der Waals surface area contributed by atoms with Gasteiger partial charge >= 0.3 is 0 Å². The highest BCUT2D eigenvalue weighted by Gasteiger charge is 2.29. The van der Waals surface area contributed by atoms with Gasteiger partial charge in [-0.15, -0.1) is 0 Å². The van der Waals surface area contributed by atoms with Gasteiger partial charge in [0.05, 0.1) is 17.0 Å². The number of ketones is 1. The van der Waals surface area contributed by atoms with E-state index in [0.717, 1.165) is 46.6 Å². The van der Waals surface area contributed by atoms with Crippen LogP contribution in [0.15, 0.2) is 60.8 Å². The van der Waals surface area contributed by atoms with E-state index >= 15 is 0 Å². The predicted molar refractivity (Wildman–Crippen MR) is 115 cm³/mol. The molecule has 0 N–H and O–H groups in total. The van der Waals surface area contributed by atoms with Gasteiger partial charge < -0.3 is 0 Å². The highest BCUT2D eigenvalue weighted by molar-refractivity contribution is 6.30. The fourth-order valence-corrected chi connectivity index (χ4v) is 4.33. The van der Waals surface area contributed by atoms with Crippen molar-refractivity contribution in [3.63, 3.8) is 0 Å². The smallest absolute Gasteiger partial charge is 0.166 e. The lowest BCUT2D eigenvalue weighted by atomic mass is 9.82. The van der Waals surface area contributed by atoms with Crippen molar-refractivity contribution in [1.82, 2.24) is 14.6 Å². The number of Topliss-reactive ketones (excluding diaryl/α,β-unsaturated/α-hetero) is 1. The van der Waals surface area contributed by atoms with Crippen LogP contribution in [0.5, 0.6) is 0 Å². The average Bonchev–Trinajstić information content (AvgIpc) is 3.11. The average molecular weight is 402 g/mol. The van der Waals surface area contributed by atoms with Crippen LogP contribution in [0.2, 0.25) is 5.02 Å². The monoisotopic (exact) mass is 401 g/mol. The highest BCUT2D eigenvalue weighted by Crippen LogP contribution is 2.35. The Labute approximate surface area is 174 Å². The van der Waals surface area contributed by atoms with Crippen LogP contribution in [0.3, 0.4) is 0 Å². The highest BCUT2D eigenvalue weighted by atomic mass is 35.5. The number of halogens is 1. The van der Waals surface area contributed by atoms with Crippen molar-refractivity contribution in [2.45, 2.75) is 32.1 Å². The second-order valence-corrected chi connectivity index (χ2v) is 7.93. The molecule has 29 heavy (non-hydrogen) atoms. The molecule has 144 valence electrons. The standard InChI is InChI=1S/C24H20ClN3O/c1-2-20-23(16-6-4-3-5-7-16)24-26-21-12-17(15-8-10-18(25)11-9-15)13-22(29)19(21)14-28(24)27-20/h3-11,14,17H,2,12-13H2,1H3. The van der Waals surface area contributed by atoms with Crippen LogP contribution in [0.4, 0.5) is 0 Å². The Morgan fingerprint density at radius 3 is 2.55 bits per heavy atom. The Balaban J connectivity index is 1.64. The van der Waals surface area contributed by atoms with Gasteiger partial charge in [-0.05, 0) is 42.0 Å². The summed E-state index contributed by atoms with van der Waals surface area (Å²) >= 11 is 6.03. The summed E-state index contributed by atoms with van der Waals surface area (Å²) in [7, 11) is 0. The molecule has 1 unspecified atom stereocenters. The van der Waals surface area contributed by atoms with Gasteiger partial charge in [-0.3, -0.25) is 4.79 Å². The molecule has 1 aliphatic carbocycles. The molecule has 2 aromatic carbocycles. The van der Waals surface area contributed by atoms with Crippen LogP contribution >= 0.6 is 11.6 Å². The minimum Gasteiger partial charge on any atom is -0.294 e. The first-order chi connectivity index (χ1) is 14.1. The number of rotatable bonds is 3. The number of hydrogen-bond donors (Lipinski definition) is 0. The largest absolute Gasteiger partial charge is 0.294 e. The summed E-state index contributed by atoms with van der Waals surface area (Å²) in [6.45, 7) is 2.09. The third kappa shape index (κ3) is 3.14. The van der Waals surface area contributed by atoms with Gasteiger partial charge in [0.15, 0.2) is 11.4 Å². The van der Waals surface area contributed by atoms with Crippen molar-refractivity contribution in [2.75, 3.05) is 0 Å². The summed E-state index contributed by atoms with van der Waals surface area (Å²) in [5, 5.41) is 5.43. The number of hydrogen-bond acceptors (Lipinski definition) is 3. The van der Waals surface area contributed by atoms with Gasteiger partial charge in [0.2, 0.25) is 0 Å². The summed E-state index contributed by atoms with van der Waals surface area (Å²) in [6, 6.07) is 18.0. The van der Waals surface area contributed by atoms with E-state index in [2.05, 4.69) is 19.1 Å². The lowest BCUT2D eigenvalue weighted by molar-refractivity contribution is 0.0962. The van der Waals surface area contributed by atoms with E-state index in [0.29, 0.717) is 17.0 Å². The minimum absolute atomic E-state index is 0.121. The molecule has 0 saturated carbocycles. The predicted octanol–water partition coefficient (Wildman–Crippen LogP) is 5.52. The Hall–Kier alpha value is -2.98. The lowest BCUT2D eigenvalue weighted by Gasteiger charge is -2.23. The van der Waals surface area contributed by atoms with Crippen LogP contribution < -0.4 is 0 Å². The number of aromatic nitrogens is 3. The van der Waals surface area contributed by atoms with Crippen molar-refractivity contribution in [1.29, 1.82) is 0 Å². The van der Waals surface area contributed by atoms with Crippen LogP contribution in [0, 0.1) is 0 Å². The van der Waals surface area contributed by atoms with E-state index in [4.69, 9.17) is 21.7 Å². The van der Waals surface area contributed by atoms with Crippen LogP contribution in [0.1, 0.15) is 46.6 Å². The molecular weight excluding hydrogens is 382 g/mol. The first kappa shape index (κ1) is 18.1. The summed E-state index contributed by atoms with van der Waals surface area (Å²) in [5.41, 5.74) is 6.63. The molecule has 0 fully saturated rings. The Kier molecular flexibility index (Phi) is 4.44. The van der Waals surface area contributed by atoms with E-state index in [1.165, 1.54) is 0 Å². The van der Waals surface area contributed by atoms with E-state index < -0.39 is 0 Å². The quantitative estimate of drug-likeness (QED) is 0.453. The third-order valence-corrected chi connectivity index (χ3v) is 5.92. The molecular formula is C24H20ClN3O. The van der Waals surface area contributed by atoms with Gasteiger partial charge in [0.1, 0.15) is 0 Å². The normalized spacial score (nSPS) is 16.2. The minimum atomic E-state index is 0.121. The topological polar surface area (TPSA) is 47.3 Å². The summed E-state index contributed by atoms with van der Waals surface area (Å²) in [5.74, 6) is 0.242. The maximum Gasteiger partial charge on any atom is 0.166 e. The summed E-state index contributed by atoms with van der Waals surface area (Å²) in [6.07, 6.45) is 3.89. The molecule has 0 aliphatic heterocycles. The first-order valence-corrected chi connectivity index (χ1v) is 10.3. The van der Waals surface area contributed by atoms with Crippen LogP contribution in [0.25, 0.3) is 16.8 Å². The van der Waals surface area contributed by atoms with Crippen molar-refractivity contribution < 1.29 is 4.79 Å². The van der Waals surface area contributed by atoms with E-state index in [1.807, 2.05) is 48.7 Å². The molecule has 0 saturated heterocycles. The molecule has 2 aromatic heterocycles. The first-order valence-electron chi connectivity index (χ1n) is 9.89. The molecule has 4 nitrogen and oxygen atoms in total. The molecule has 5 heteroatoms. The Morgan fingerprint density at radius 1 is 1.07 bits per heavy atom. The second-order valence-electron chi connectivity index (χ2n) is 7.49. The van der Waals surface area contributed by atoms with E-state index in [9.17, 15) is 4.79 Å². The van der Waals surface area contributed by atoms with Crippen molar-refractivity contribution >= 4 is 23.0 Å². The zero-order valence-electron chi connectivity index (χ0n) is 16.1. The molecule has 5 rings (SSSR count). The molecule has 0 radical (unpaired) electrons. The molecule has 0 bridgehead atoms. The number of benzene rings is 2. The molecule has 2 heterocycles. The molecule has 0 amide bonds. The Morgan fingerprint density at radius 2 is 1.83 bits per heavy atom. The van der Waals surface area contributed by atoms with Gasteiger partial charge in [0.25, 0.3) is 0 Å². The fraction of sp³-hybridized carbons (Fsp3) is 0.208. The number of carbonyl (C=O) groups is 1. The SMILES string of the molecule is CCc1nn2cc3c(nc2c1-c1ccccc1)CC(c1ccc(Cl)cc1)CC3=O. The van der Waals surface area contributed by atoms with Crippen LogP contribution in [-0.2, 0) is 12.8 Å². The molecule has 4 aromatic rings. The van der Waals surface area contributed by atoms with Crippen molar-refractivity contribution in [3.8, 4) is 11.1 Å². The summed E-state index contributed by atoms with van der Waals surface area (Å²) in [4.78, 5) is 17.9. The maximum atomic E-state index is 12.9. The third-order valence-electron chi connectivity index (χ3n) is 5.67. The number of nitrogens with zero attached hydrogens (tertiary/aromatic N) is 3. The van der Waals surface area contributed by atoms with E-state index in [1.54, 1.807) is 4.52 Å². The van der Waals surface area contributed by atoms with Crippen molar-refractivity contribution in [3.05, 3.63) is 88.3 Å². The van der Waals surface area contributed by atoms with Gasteiger partial charge in [-0.1, -0.05) is 61.0 Å². The zero-order valence-corrected chi connectivity index (χ0v) is 16.9. The van der Waals surface area contributed by atoms with E-state index in [-0.39, 0.29) is 11.7 Å². The lowest BCUT2D eigenvalue weighted by Crippen LogP contribution is -2.21. The summed E-state index contributed by atoms with van der Waals surface area (Å²) < 4.78 is 1.78. The van der Waals surface area contributed by atoms with Gasteiger partial charge in [-0.2, -0.15) is 5.10 Å². The number of aryl methyl sites for hydroxylation is 1. The number of fused-ring (bicyclic) bond motifs is 2. The van der Waals surface area contributed by atoms with Gasteiger partial charge in [0, 0.05) is 23.2 Å². The van der Waals surface area contributed by atoms with Crippen molar-refractivity contribution in [2.24, 2.45) is 0 Å². The van der Waals surface area contributed by atoms with Crippen LogP contribution in [-0.4, -0.2) is 20.4 Å². The number of carbonyl (C=O) groups excluding carboxylic acids is 1. The fourth-order valence-electron chi connectivity index (χ4n) is 4.20. The van der Waals surface area contributed by atoms with Gasteiger partial charge in [-0.25, -0.2) is 9.50 Å². The molecule has 1 atom stereocenters. The molecule has 1 aliphatic rings. The zero-order chi connectivity index (χ0) is 20.0. The Bertz CT molecular complexity index is 1210. The molecule has 0 spiro atoms.